The number of fused-ring (bicyclic) bond motifs is 1. The minimum atomic E-state index is -0.980. The summed E-state index contributed by atoms with van der Waals surface area (Å²) in [5, 5.41) is 12.1. The second-order valence-electron chi connectivity index (χ2n) is 8.08. The molecule has 0 atom stereocenters. The third-order valence-electron chi connectivity index (χ3n) is 5.58. The van der Waals surface area contributed by atoms with Gasteiger partial charge in [0.2, 0.25) is 5.91 Å². The molecule has 29 heavy (non-hydrogen) atoms. The zero-order chi connectivity index (χ0) is 21.3. The summed E-state index contributed by atoms with van der Waals surface area (Å²) < 4.78 is 0. The molecule has 2 N–H and O–H groups in total. The third-order valence-corrected chi connectivity index (χ3v) is 5.58. The van der Waals surface area contributed by atoms with Crippen LogP contribution in [0.2, 0.25) is 0 Å². The Bertz CT molecular complexity index is 994. The van der Waals surface area contributed by atoms with Gasteiger partial charge in [0.25, 0.3) is 5.91 Å². The Hall–Kier alpha value is -3.15. The predicted octanol–water partition coefficient (Wildman–Crippen LogP) is 4.13. The molecule has 0 fully saturated rings. The van der Waals surface area contributed by atoms with E-state index in [4.69, 9.17) is 0 Å². The van der Waals surface area contributed by atoms with Crippen LogP contribution in [0.1, 0.15) is 59.0 Å². The highest BCUT2D eigenvalue weighted by Crippen LogP contribution is 2.35. The van der Waals surface area contributed by atoms with Gasteiger partial charge in [0.05, 0.1) is 5.56 Å². The van der Waals surface area contributed by atoms with Crippen LogP contribution in [0.25, 0.3) is 0 Å². The molecule has 6 heteroatoms. The molecule has 6 nitrogen and oxygen atoms in total. The van der Waals surface area contributed by atoms with Gasteiger partial charge >= 0.3 is 5.97 Å². The molecule has 0 spiro atoms. The lowest BCUT2D eigenvalue weighted by atomic mass is 9.86. The molecule has 3 rings (SSSR count). The first-order chi connectivity index (χ1) is 13.6. The maximum atomic E-state index is 12.8. The number of carboxylic acid groups (broad SMARTS) is 1. The normalized spacial score (nSPS) is 15.4. The molecule has 152 valence electrons. The highest BCUT2D eigenvalue weighted by atomic mass is 16.4. The van der Waals surface area contributed by atoms with Gasteiger partial charge in [-0.15, -0.1) is 0 Å². The van der Waals surface area contributed by atoms with Crippen molar-refractivity contribution in [2.24, 2.45) is 5.41 Å². The maximum absolute atomic E-state index is 12.8. The number of anilines is 2. The molecule has 0 unspecified atom stereocenters. The van der Waals surface area contributed by atoms with Crippen molar-refractivity contribution in [3.8, 4) is 0 Å². The van der Waals surface area contributed by atoms with E-state index < -0.39 is 11.4 Å². The van der Waals surface area contributed by atoms with Crippen LogP contribution in [0.15, 0.2) is 36.4 Å². The lowest BCUT2D eigenvalue weighted by Gasteiger charge is -2.26. The summed E-state index contributed by atoms with van der Waals surface area (Å²) in [5.74, 6) is -1.18. The zero-order valence-corrected chi connectivity index (χ0v) is 17.2. The fourth-order valence-corrected chi connectivity index (χ4v) is 3.75. The number of aromatic carboxylic acids is 1. The molecular weight excluding hydrogens is 368 g/mol. The summed E-state index contributed by atoms with van der Waals surface area (Å²) in [5.41, 5.74) is 3.32. The molecule has 1 aliphatic heterocycles. The number of carbonyl (C=O) groups is 3. The highest BCUT2D eigenvalue weighted by Gasteiger charge is 2.34. The van der Waals surface area contributed by atoms with Crippen LogP contribution >= 0.6 is 0 Å². The number of nitrogens with one attached hydrogen (secondary N) is 1. The molecule has 2 amide bonds. The van der Waals surface area contributed by atoms with Crippen molar-refractivity contribution >= 4 is 29.2 Å². The number of nitrogens with zero attached hydrogens (tertiary/aromatic N) is 1. The molecule has 2 aromatic rings. The Labute approximate surface area is 170 Å². The highest BCUT2D eigenvalue weighted by molar-refractivity contribution is 6.06. The van der Waals surface area contributed by atoms with Gasteiger partial charge in [0.1, 0.15) is 0 Å². The Morgan fingerprint density at radius 1 is 1.17 bits per heavy atom. The summed E-state index contributed by atoms with van der Waals surface area (Å²) in [6.07, 6.45) is 1.98. The predicted molar refractivity (Wildman–Crippen MR) is 113 cm³/mol. The average molecular weight is 394 g/mol. The van der Waals surface area contributed by atoms with E-state index in [9.17, 15) is 19.5 Å². The number of carboxylic acids is 1. The van der Waals surface area contributed by atoms with E-state index in [0.717, 1.165) is 11.3 Å². The van der Waals surface area contributed by atoms with Crippen LogP contribution in [0, 0.1) is 5.41 Å². The molecule has 0 saturated heterocycles. The van der Waals surface area contributed by atoms with Crippen molar-refractivity contribution in [3.63, 3.8) is 0 Å². The summed E-state index contributed by atoms with van der Waals surface area (Å²) in [7, 11) is 1.77. The van der Waals surface area contributed by atoms with Crippen molar-refractivity contribution in [2.45, 2.75) is 40.0 Å². The first-order valence-corrected chi connectivity index (χ1v) is 9.72. The van der Waals surface area contributed by atoms with Gasteiger partial charge in [0.15, 0.2) is 0 Å². The van der Waals surface area contributed by atoms with Gasteiger partial charge in [-0.1, -0.05) is 20.8 Å². The summed E-state index contributed by atoms with van der Waals surface area (Å²) in [6, 6.07) is 10.2. The van der Waals surface area contributed by atoms with E-state index in [1.807, 2.05) is 32.9 Å². The Morgan fingerprint density at radius 3 is 2.55 bits per heavy atom. The van der Waals surface area contributed by atoms with Crippen LogP contribution in [-0.2, 0) is 17.6 Å². The van der Waals surface area contributed by atoms with Crippen molar-refractivity contribution in [1.29, 1.82) is 0 Å². The number of benzene rings is 2. The molecule has 1 aliphatic rings. The molecule has 0 aromatic heterocycles. The van der Waals surface area contributed by atoms with E-state index in [1.54, 1.807) is 30.1 Å². The molecule has 2 aromatic carbocycles. The van der Waals surface area contributed by atoms with E-state index in [-0.39, 0.29) is 17.4 Å². The van der Waals surface area contributed by atoms with Crippen LogP contribution in [0.4, 0.5) is 11.4 Å². The van der Waals surface area contributed by atoms with Crippen LogP contribution in [0.5, 0.6) is 0 Å². The standard InChI is InChI=1S/C23H26N2O4/c1-5-14-13-17(7-8-18(14)21(27)28)24-20(26)16-6-9-19-15(12-16)10-11-23(2,3)22(29)25(19)4/h6-9,12-13H,5,10-11H2,1-4H3,(H,24,26)(H,27,28). The average Bonchev–Trinajstić information content (AvgIpc) is 2.77. The number of amides is 2. The first-order valence-electron chi connectivity index (χ1n) is 9.72. The molecule has 0 bridgehead atoms. The van der Waals surface area contributed by atoms with Crippen molar-refractivity contribution < 1.29 is 19.5 Å². The van der Waals surface area contributed by atoms with Crippen molar-refractivity contribution in [1.82, 2.24) is 0 Å². The Kier molecular flexibility index (Phi) is 5.46. The second kappa shape index (κ2) is 7.70. The topological polar surface area (TPSA) is 86.7 Å². The zero-order valence-electron chi connectivity index (χ0n) is 17.2. The monoisotopic (exact) mass is 394 g/mol. The third kappa shape index (κ3) is 4.01. The number of hydrogen-bond acceptors (Lipinski definition) is 3. The van der Waals surface area contributed by atoms with Gasteiger partial charge in [-0.05, 0) is 66.8 Å². The quantitative estimate of drug-likeness (QED) is 0.816. The Balaban J connectivity index is 1.86. The van der Waals surface area contributed by atoms with E-state index in [2.05, 4.69) is 5.32 Å². The fourth-order valence-electron chi connectivity index (χ4n) is 3.75. The van der Waals surface area contributed by atoms with Crippen LogP contribution in [0.3, 0.4) is 0 Å². The van der Waals surface area contributed by atoms with Crippen molar-refractivity contribution in [3.05, 3.63) is 58.7 Å². The minimum Gasteiger partial charge on any atom is -0.478 e. The fraction of sp³-hybridized carbons (Fsp3) is 0.348. The van der Waals surface area contributed by atoms with E-state index in [0.29, 0.717) is 36.1 Å². The summed E-state index contributed by atoms with van der Waals surface area (Å²) in [6.45, 7) is 5.76. The number of rotatable bonds is 4. The van der Waals surface area contributed by atoms with E-state index in [1.165, 1.54) is 6.07 Å². The van der Waals surface area contributed by atoms with Gasteiger partial charge in [-0.2, -0.15) is 0 Å². The number of hydrogen-bond donors (Lipinski definition) is 2. The molecule has 1 heterocycles. The first kappa shape index (κ1) is 20.6. The van der Waals surface area contributed by atoms with Gasteiger partial charge in [-0.3, -0.25) is 9.59 Å². The SMILES string of the molecule is CCc1cc(NC(=O)c2ccc3c(c2)CCC(C)(C)C(=O)N3C)ccc1C(=O)O. The Morgan fingerprint density at radius 2 is 1.90 bits per heavy atom. The second-order valence-corrected chi connectivity index (χ2v) is 8.08. The maximum Gasteiger partial charge on any atom is 0.335 e. The van der Waals surface area contributed by atoms with Gasteiger partial charge in [-0.25, -0.2) is 4.79 Å². The van der Waals surface area contributed by atoms with Gasteiger partial charge in [0, 0.05) is 29.4 Å². The molecule has 0 saturated carbocycles. The van der Waals surface area contributed by atoms with Gasteiger partial charge < -0.3 is 15.3 Å². The smallest absolute Gasteiger partial charge is 0.335 e. The minimum absolute atomic E-state index is 0.0686. The lowest BCUT2D eigenvalue weighted by Crippen LogP contribution is -2.37. The summed E-state index contributed by atoms with van der Waals surface area (Å²) in [4.78, 5) is 38.3. The molecule has 0 aliphatic carbocycles. The largest absolute Gasteiger partial charge is 0.478 e. The van der Waals surface area contributed by atoms with Crippen LogP contribution in [-0.4, -0.2) is 29.9 Å². The van der Waals surface area contributed by atoms with Crippen molar-refractivity contribution in [2.75, 3.05) is 17.3 Å². The number of aryl methyl sites for hydroxylation is 2. The number of carbonyl (C=O) groups excluding carboxylic acids is 2. The molecule has 0 radical (unpaired) electrons. The lowest BCUT2D eigenvalue weighted by molar-refractivity contribution is -0.126. The van der Waals surface area contributed by atoms with Crippen LogP contribution < -0.4 is 10.2 Å². The molecular formula is C23H26N2O4. The summed E-state index contributed by atoms with van der Waals surface area (Å²) >= 11 is 0. The van der Waals surface area contributed by atoms with E-state index >= 15 is 0 Å².